The summed E-state index contributed by atoms with van der Waals surface area (Å²) in [5.74, 6) is 0.255. The van der Waals surface area contributed by atoms with Crippen LogP contribution in [0.1, 0.15) is 46.0 Å². The zero-order valence-corrected chi connectivity index (χ0v) is 21.5. The molecule has 4 rings (SSSR count). The quantitative estimate of drug-likeness (QED) is 0.284. The molecule has 0 amide bonds. The fourth-order valence-corrected chi connectivity index (χ4v) is 5.91. The van der Waals surface area contributed by atoms with Gasteiger partial charge in [0.25, 0.3) is 0 Å². The van der Waals surface area contributed by atoms with E-state index in [1.54, 1.807) is 42.1 Å². The molecule has 36 heavy (non-hydrogen) atoms. The van der Waals surface area contributed by atoms with Crippen LogP contribution in [0.5, 0.6) is 5.75 Å². The van der Waals surface area contributed by atoms with E-state index < -0.39 is 19.5 Å². The summed E-state index contributed by atoms with van der Waals surface area (Å²) < 4.78 is 33.0. The number of hydrogen-bond donors (Lipinski definition) is 2. The van der Waals surface area contributed by atoms with Crippen LogP contribution >= 0.6 is 7.52 Å². The number of ether oxygens (including phenoxy) is 2. The van der Waals surface area contributed by atoms with Crippen molar-refractivity contribution < 1.29 is 23.4 Å². The number of nitrogens with two attached hydrogens (primary N) is 1. The van der Waals surface area contributed by atoms with Gasteiger partial charge in [0.2, 0.25) is 0 Å². The second-order valence-corrected chi connectivity index (χ2v) is 11.1. The second kappa shape index (κ2) is 11.8. The lowest BCUT2D eigenvalue weighted by molar-refractivity contribution is -0.152. The minimum absolute atomic E-state index is 0.0935. The lowest BCUT2D eigenvalue weighted by Crippen LogP contribution is -2.38. The molecule has 0 aliphatic heterocycles. The molecular weight excluding hydrogens is 483 g/mol. The first-order chi connectivity index (χ1) is 17.3. The number of para-hydroxylation sites is 1. The molecule has 1 unspecified atom stereocenters. The highest BCUT2D eigenvalue weighted by Gasteiger charge is 2.32. The zero-order valence-electron chi connectivity index (χ0n) is 20.6. The average Bonchev–Trinajstić information content (AvgIpc) is 3.28. The van der Waals surface area contributed by atoms with Gasteiger partial charge in [-0.1, -0.05) is 24.6 Å². The van der Waals surface area contributed by atoms with Crippen molar-refractivity contribution in [1.82, 2.24) is 24.6 Å². The van der Waals surface area contributed by atoms with E-state index in [-0.39, 0.29) is 18.6 Å². The molecule has 3 aromatic rings. The smallest absolute Gasteiger partial charge is 0.342 e. The Kier molecular flexibility index (Phi) is 8.56. The summed E-state index contributed by atoms with van der Waals surface area (Å²) in [6, 6.07) is 7.95. The molecule has 0 bridgehead atoms. The maximum Gasteiger partial charge on any atom is 0.342 e. The largest absolute Gasteiger partial charge is 0.461 e. The van der Waals surface area contributed by atoms with Crippen LogP contribution in [0.3, 0.4) is 0 Å². The molecule has 11 nitrogen and oxygen atoms in total. The molecule has 1 saturated carbocycles. The Balaban J connectivity index is 1.41. The molecule has 2 aromatic heterocycles. The number of imidazole rings is 1. The van der Waals surface area contributed by atoms with E-state index in [2.05, 4.69) is 20.0 Å². The molecular formula is C24H33N6O5P. The van der Waals surface area contributed by atoms with Crippen LogP contribution in [0.15, 0.2) is 43.0 Å². The number of anilines is 1. The first kappa shape index (κ1) is 26.1. The number of nitrogens with one attached hydrogen (secondary N) is 1. The van der Waals surface area contributed by atoms with Gasteiger partial charge in [0, 0.05) is 0 Å². The van der Waals surface area contributed by atoms with Gasteiger partial charge in [-0.05, 0) is 51.7 Å². The maximum atomic E-state index is 13.8. The summed E-state index contributed by atoms with van der Waals surface area (Å²) in [7, 11) is -3.65. The van der Waals surface area contributed by atoms with Crippen LogP contribution in [0.25, 0.3) is 11.2 Å². The van der Waals surface area contributed by atoms with Gasteiger partial charge in [0.15, 0.2) is 11.5 Å². The lowest BCUT2D eigenvalue weighted by atomic mass is 9.98. The maximum absolute atomic E-state index is 13.8. The Morgan fingerprint density at radius 3 is 2.67 bits per heavy atom. The molecule has 1 aromatic carbocycles. The van der Waals surface area contributed by atoms with Crippen LogP contribution in [0.4, 0.5) is 5.82 Å². The Morgan fingerprint density at radius 1 is 1.17 bits per heavy atom. The van der Waals surface area contributed by atoms with Crippen molar-refractivity contribution in [2.75, 3.05) is 12.1 Å². The Hall–Kier alpha value is -3.01. The van der Waals surface area contributed by atoms with E-state index >= 15 is 0 Å². The number of fused-ring (bicyclic) bond motifs is 1. The average molecular weight is 517 g/mol. The highest BCUT2D eigenvalue weighted by atomic mass is 31.2. The lowest BCUT2D eigenvalue weighted by Gasteiger charge is -2.27. The highest BCUT2D eigenvalue weighted by Crippen LogP contribution is 2.44. The molecule has 0 saturated heterocycles. The van der Waals surface area contributed by atoms with Crippen molar-refractivity contribution in [2.45, 2.75) is 70.7 Å². The number of nitrogen functional groups attached to an aromatic ring is 1. The van der Waals surface area contributed by atoms with Crippen molar-refractivity contribution in [2.24, 2.45) is 0 Å². The van der Waals surface area contributed by atoms with E-state index in [4.69, 9.17) is 19.7 Å². The summed E-state index contributed by atoms with van der Waals surface area (Å²) >= 11 is 0. The first-order valence-corrected chi connectivity index (χ1v) is 14.0. The van der Waals surface area contributed by atoms with Crippen LogP contribution in [-0.4, -0.2) is 50.1 Å². The minimum Gasteiger partial charge on any atom is -0.461 e. The topological polar surface area (TPSA) is 143 Å². The Bertz CT molecular complexity index is 1200. The van der Waals surface area contributed by atoms with Crippen molar-refractivity contribution in [1.29, 1.82) is 0 Å². The van der Waals surface area contributed by atoms with E-state index in [9.17, 15) is 9.36 Å². The number of aromatic nitrogens is 4. The number of benzene rings is 1. The van der Waals surface area contributed by atoms with E-state index in [1.807, 2.05) is 13.0 Å². The number of carbonyl (C=O) groups is 1. The third-order valence-electron chi connectivity index (χ3n) is 5.99. The summed E-state index contributed by atoms with van der Waals surface area (Å²) in [6.07, 6.45) is 7.23. The fourth-order valence-electron chi connectivity index (χ4n) is 4.13. The van der Waals surface area contributed by atoms with Gasteiger partial charge >= 0.3 is 13.5 Å². The predicted octanol–water partition coefficient (Wildman–Crippen LogP) is 3.90. The van der Waals surface area contributed by atoms with Gasteiger partial charge in [-0.3, -0.25) is 9.36 Å². The normalized spacial score (nSPS) is 17.8. The Morgan fingerprint density at radius 2 is 1.92 bits per heavy atom. The molecule has 0 radical (unpaired) electrons. The molecule has 2 heterocycles. The van der Waals surface area contributed by atoms with Crippen molar-refractivity contribution >= 4 is 30.5 Å². The van der Waals surface area contributed by atoms with E-state index in [0.717, 1.165) is 32.1 Å². The molecule has 0 spiro atoms. The number of esters is 1. The van der Waals surface area contributed by atoms with Crippen LogP contribution in [0, 0.1) is 0 Å². The molecule has 1 aliphatic carbocycles. The SMILES string of the molecule is C[C@H](Cn1cnc2c(N)ncnc21)OCP(=O)(N[C@H](C)C(=O)OC1CCCCC1)Oc1ccccc1. The molecule has 3 N–H and O–H groups in total. The number of nitrogens with zero attached hydrogens (tertiary/aromatic N) is 4. The van der Waals surface area contributed by atoms with E-state index in [0.29, 0.717) is 29.3 Å². The van der Waals surface area contributed by atoms with Crippen LogP contribution in [-0.2, 0) is 25.4 Å². The monoisotopic (exact) mass is 516 g/mol. The van der Waals surface area contributed by atoms with Crippen molar-refractivity contribution in [3.63, 3.8) is 0 Å². The van der Waals surface area contributed by atoms with Crippen LogP contribution < -0.4 is 15.3 Å². The third-order valence-corrected chi connectivity index (χ3v) is 7.76. The number of carbonyl (C=O) groups excluding carboxylic acids is 1. The van der Waals surface area contributed by atoms with Gasteiger partial charge in [-0.2, -0.15) is 0 Å². The highest BCUT2D eigenvalue weighted by molar-refractivity contribution is 7.57. The van der Waals surface area contributed by atoms with Gasteiger partial charge in [0.05, 0.1) is 19.0 Å². The van der Waals surface area contributed by atoms with Gasteiger partial charge in [0.1, 0.15) is 36.1 Å². The molecule has 12 heteroatoms. The second-order valence-electron chi connectivity index (χ2n) is 9.06. The molecule has 1 aliphatic rings. The predicted molar refractivity (Wildman–Crippen MR) is 135 cm³/mol. The molecule has 194 valence electrons. The van der Waals surface area contributed by atoms with E-state index in [1.165, 1.54) is 6.33 Å². The Labute approximate surface area is 210 Å². The van der Waals surface area contributed by atoms with Crippen LogP contribution in [0.2, 0.25) is 0 Å². The van der Waals surface area contributed by atoms with Gasteiger partial charge in [-0.15, -0.1) is 0 Å². The van der Waals surface area contributed by atoms with Crippen molar-refractivity contribution in [3.05, 3.63) is 43.0 Å². The number of hydrogen-bond acceptors (Lipinski definition) is 9. The van der Waals surface area contributed by atoms with Crippen molar-refractivity contribution in [3.8, 4) is 5.75 Å². The zero-order chi connectivity index (χ0) is 25.5. The third kappa shape index (κ3) is 6.81. The summed E-state index contributed by atoms with van der Waals surface area (Å²) in [6.45, 7) is 3.85. The van der Waals surface area contributed by atoms with Gasteiger partial charge < -0.3 is 24.3 Å². The summed E-state index contributed by atoms with van der Waals surface area (Å²) in [5.41, 5.74) is 6.95. The summed E-state index contributed by atoms with van der Waals surface area (Å²) in [5, 5.41) is 2.86. The minimum atomic E-state index is -3.65. The summed E-state index contributed by atoms with van der Waals surface area (Å²) in [4.78, 5) is 25.1. The first-order valence-electron chi connectivity index (χ1n) is 12.2. The molecule has 3 atom stereocenters. The fraction of sp³-hybridized carbons (Fsp3) is 0.500. The molecule has 1 fully saturated rings. The van der Waals surface area contributed by atoms with Gasteiger partial charge in [-0.25, -0.2) is 20.0 Å². The standard InChI is InChI=1S/C24H33N6O5P/c1-17(13-30-15-28-21-22(25)26-14-27-23(21)30)33-16-36(32,35-20-11-7-4-8-12-20)29-18(2)24(31)34-19-9-5-3-6-10-19/h4,7-8,11-12,14-15,17-19H,3,5-6,9-10,13,16H2,1-2H3,(H,29,32)(H2,25,26,27)/t17-,18-,36?/m1/s1. The number of rotatable bonds is 11.